The summed E-state index contributed by atoms with van der Waals surface area (Å²) < 4.78 is 2.21. The number of phenols is 1. The summed E-state index contributed by atoms with van der Waals surface area (Å²) in [4.78, 5) is 15.8. The molecule has 6 heteroatoms. The number of aromatic hydroxyl groups is 1. The predicted octanol–water partition coefficient (Wildman–Crippen LogP) is 14.3. The van der Waals surface area contributed by atoms with E-state index in [1.165, 1.54) is 21.9 Å². The third-order valence-corrected chi connectivity index (χ3v) is 14.0. The van der Waals surface area contributed by atoms with Crippen molar-refractivity contribution in [1.29, 1.82) is 0 Å². The first-order valence-corrected chi connectivity index (χ1v) is 25.3. The molecule has 0 bridgehead atoms. The monoisotopic (exact) mass is 832 g/mol. The van der Waals surface area contributed by atoms with Crippen molar-refractivity contribution in [2.75, 3.05) is 0 Å². The first-order valence-electron chi connectivity index (χ1n) is 21.8. The number of aromatic nitrogens is 4. The second-order valence-corrected chi connectivity index (χ2v) is 25.9. The Hall–Kier alpha value is -6.11. The van der Waals surface area contributed by atoms with Crippen LogP contribution in [0, 0.1) is 0 Å². The van der Waals surface area contributed by atoms with Crippen molar-refractivity contribution < 1.29 is 5.11 Å². The second kappa shape index (κ2) is 15.7. The summed E-state index contributed by atoms with van der Waals surface area (Å²) in [6.45, 7) is 27.1. The maximum atomic E-state index is 12.4. The Morgan fingerprint density at radius 3 is 1.71 bits per heavy atom. The fraction of sp³-hybridized carbons (Fsp3) is 0.268. The Balaban J connectivity index is 1.44. The summed E-state index contributed by atoms with van der Waals surface area (Å²) in [5.74, 6) is 0.905. The minimum Gasteiger partial charge on any atom is -0.507 e. The molecular weight excluding hydrogens is 773 g/mol. The van der Waals surface area contributed by atoms with Gasteiger partial charge in [-0.05, 0) is 85.1 Å². The van der Waals surface area contributed by atoms with E-state index in [9.17, 15) is 5.11 Å². The van der Waals surface area contributed by atoms with Gasteiger partial charge >= 0.3 is 0 Å². The molecule has 0 aliphatic rings. The first kappa shape index (κ1) is 42.6. The SMILES string of the molecule is CC(C)(C)c1cc(-c2cc(-c3ccccc3)c([Si](C)(C)C)cn2)cc(-c2cncc3c2nc(-c2cc(C(C)(C)C)cc(C(C)(C)C)c2O)n3-c2ccccc2-c2ccccc2)c1. The van der Waals surface area contributed by atoms with Crippen LogP contribution in [0.25, 0.3) is 72.7 Å². The van der Waals surface area contributed by atoms with E-state index in [-0.39, 0.29) is 22.0 Å². The van der Waals surface area contributed by atoms with Gasteiger partial charge in [0.2, 0.25) is 0 Å². The molecule has 0 radical (unpaired) electrons. The zero-order valence-electron chi connectivity index (χ0n) is 38.5. The van der Waals surface area contributed by atoms with Crippen molar-refractivity contribution in [2.24, 2.45) is 0 Å². The van der Waals surface area contributed by atoms with E-state index in [2.05, 4.69) is 208 Å². The lowest BCUT2D eigenvalue weighted by Crippen LogP contribution is -2.39. The van der Waals surface area contributed by atoms with Crippen LogP contribution in [0.1, 0.15) is 79.0 Å². The van der Waals surface area contributed by atoms with Crippen LogP contribution in [0.4, 0.5) is 0 Å². The molecule has 62 heavy (non-hydrogen) atoms. The molecular formula is C56H60N4OSi. The van der Waals surface area contributed by atoms with Gasteiger partial charge in [0, 0.05) is 34.6 Å². The lowest BCUT2D eigenvalue weighted by Gasteiger charge is -2.27. The molecule has 3 aromatic heterocycles. The quantitative estimate of drug-likeness (QED) is 0.163. The maximum Gasteiger partial charge on any atom is 0.149 e. The molecule has 0 aliphatic carbocycles. The first-order chi connectivity index (χ1) is 29.2. The number of pyridine rings is 2. The van der Waals surface area contributed by atoms with Crippen LogP contribution in [0.5, 0.6) is 5.75 Å². The van der Waals surface area contributed by atoms with Crippen molar-refractivity contribution in [3.8, 4) is 67.5 Å². The third kappa shape index (κ3) is 8.16. The average molecular weight is 833 g/mol. The molecule has 0 atom stereocenters. The summed E-state index contributed by atoms with van der Waals surface area (Å²) in [7, 11) is -1.74. The Morgan fingerprint density at radius 1 is 0.516 bits per heavy atom. The predicted molar refractivity (Wildman–Crippen MR) is 265 cm³/mol. The van der Waals surface area contributed by atoms with Crippen molar-refractivity contribution in [3.05, 3.63) is 157 Å². The highest BCUT2D eigenvalue weighted by molar-refractivity contribution is 6.89. The summed E-state index contributed by atoms with van der Waals surface area (Å²) in [6.07, 6.45) is 5.99. The molecule has 5 nitrogen and oxygen atoms in total. The summed E-state index contributed by atoms with van der Waals surface area (Å²) >= 11 is 0. The minimum absolute atomic E-state index is 0.158. The van der Waals surface area contributed by atoms with Crippen molar-refractivity contribution in [3.63, 3.8) is 0 Å². The Labute approximate surface area is 369 Å². The number of benzene rings is 5. The van der Waals surface area contributed by atoms with E-state index in [1.54, 1.807) is 0 Å². The van der Waals surface area contributed by atoms with Crippen LogP contribution >= 0.6 is 0 Å². The zero-order valence-corrected chi connectivity index (χ0v) is 39.5. The average Bonchev–Trinajstić information content (AvgIpc) is 3.62. The van der Waals surface area contributed by atoms with Gasteiger partial charge in [0.25, 0.3) is 0 Å². The lowest BCUT2D eigenvalue weighted by atomic mass is 9.79. The number of hydrogen-bond donors (Lipinski definition) is 1. The van der Waals surface area contributed by atoms with E-state index in [4.69, 9.17) is 15.0 Å². The Kier molecular flexibility index (Phi) is 10.8. The van der Waals surface area contributed by atoms with Gasteiger partial charge in [0.1, 0.15) is 17.1 Å². The van der Waals surface area contributed by atoms with Crippen molar-refractivity contribution in [1.82, 2.24) is 19.5 Å². The van der Waals surface area contributed by atoms with Gasteiger partial charge in [-0.1, -0.05) is 173 Å². The van der Waals surface area contributed by atoms with E-state index in [0.29, 0.717) is 11.4 Å². The smallest absolute Gasteiger partial charge is 0.149 e. The standard InChI is InChI=1S/C56H60N4OSi/c1-54(2,3)40-28-38(27-39(29-40)47-32-43(37-23-17-14-18-24-37)50(35-58-47)62(10,11)12)45-33-57-34-49-51(45)59-53(44-30-41(55(4,5)6)31-46(52(44)61)56(7,8)9)60(49)48-26-20-19-25-42(48)36-21-15-13-16-22-36/h13-35,61H,1-12H3. The highest BCUT2D eigenvalue weighted by atomic mass is 28.3. The van der Waals surface area contributed by atoms with Crippen molar-refractivity contribution in [2.45, 2.75) is 98.2 Å². The number of fused-ring (bicyclic) bond motifs is 1. The van der Waals surface area contributed by atoms with Crippen LogP contribution < -0.4 is 5.19 Å². The summed E-state index contributed by atoms with van der Waals surface area (Å²) in [5, 5.41) is 13.8. The van der Waals surface area contributed by atoms with Gasteiger partial charge < -0.3 is 5.11 Å². The van der Waals surface area contributed by atoms with Crippen molar-refractivity contribution >= 4 is 24.3 Å². The molecule has 8 rings (SSSR count). The normalized spacial score (nSPS) is 12.6. The van der Waals surface area contributed by atoms with Gasteiger partial charge in [0.05, 0.1) is 36.7 Å². The zero-order chi connectivity index (χ0) is 44.4. The van der Waals surface area contributed by atoms with E-state index < -0.39 is 8.07 Å². The number of hydrogen-bond acceptors (Lipinski definition) is 4. The van der Waals surface area contributed by atoms with Crippen LogP contribution in [-0.4, -0.2) is 32.7 Å². The highest BCUT2D eigenvalue weighted by Gasteiger charge is 2.30. The molecule has 0 amide bonds. The summed E-state index contributed by atoms with van der Waals surface area (Å²) in [6, 6.07) is 43.1. The molecule has 5 aromatic carbocycles. The molecule has 1 N–H and O–H groups in total. The number of rotatable bonds is 7. The Morgan fingerprint density at radius 2 is 1.10 bits per heavy atom. The largest absolute Gasteiger partial charge is 0.507 e. The van der Waals surface area contributed by atoms with Crippen LogP contribution in [0.2, 0.25) is 19.6 Å². The summed E-state index contributed by atoms with van der Waals surface area (Å²) in [5.41, 5.74) is 14.4. The highest BCUT2D eigenvalue weighted by Crippen LogP contribution is 2.45. The molecule has 8 aromatic rings. The number of nitrogens with zero attached hydrogens (tertiary/aromatic N) is 4. The van der Waals surface area contributed by atoms with E-state index in [0.717, 1.165) is 61.4 Å². The third-order valence-electron chi connectivity index (χ3n) is 12.0. The van der Waals surface area contributed by atoms with Gasteiger partial charge in [-0.2, -0.15) is 0 Å². The van der Waals surface area contributed by atoms with Crippen LogP contribution in [-0.2, 0) is 16.2 Å². The molecule has 3 heterocycles. The van der Waals surface area contributed by atoms with Gasteiger partial charge in [-0.25, -0.2) is 4.98 Å². The molecule has 0 saturated carbocycles. The van der Waals surface area contributed by atoms with Gasteiger partial charge in [-0.15, -0.1) is 0 Å². The molecule has 0 spiro atoms. The van der Waals surface area contributed by atoms with E-state index in [1.807, 2.05) is 18.5 Å². The van der Waals surface area contributed by atoms with Gasteiger partial charge in [0.15, 0.2) is 0 Å². The topological polar surface area (TPSA) is 63.8 Å². The Bertz CT molecular complexity index is 2940. The fourth-order valence-corrected chi connectivity index (χ4v) is 9.88. The molecule has 0 saturated heterocycles. The molecule has 0 fully saturated rings. The fourth-order valence-electron chi connectivity index (χ4n) is 8.40. The van der Waals surface area contributed by atoms with Crippen LogP contribution in [0.15, 0.2) is 140 Å². The molecule has 0 aliphatic heterocycles. The number of para-hydroxylation sites is 1. The minimum atomic E-state index is -1.74. The van der Waals surface area contributed by atoms with Gasteiger partial charge in [-0.3, -0.25) is 14.5 Å². The van der Waals surface area contributed by atoms with E-state index >= 15 is 0 Å². The lowest BCUT2D eigenvalue weighted by molar-refractivity contribution is 0.446. The number of imidazole rings is 1. The maximum absolute atomic E-state index is 12.4. The van der Waals surface area contributed by atoms with Crippen LogP contribution in [0.3, 0.4) is 0 Å². The number of phenolic OH excluding ortho intramolecular Hbond substituents is 1. The molecule has 314 valence electrons. The second-order valence-electron chi connectivity index (χ2n) is 20.9. The molecule has 0 unspecified atom stereocenters.